The highest BCUT2D eigenvalue weighted by Crippen LogP contribution is 2.12. The Morgan fingerprint density at radius 1 is 1.48 bits per heavy atom. The smallest absolute Gasteiger partial charge is 0.305 e. The predicted molar refractivity (Wildman–Crippen MR) is 75.2 cm³/mol. The lowest BCUT2D eigenvalue weighted by Crippen LogP contribution is -2.37. The molecule has 0 bridgehead atoms. The largest absolute Gasteiger partial charge is 0.481 e. The first-order chi connectivity index (χ1) is 9.65. The summed E-state index contributed by atoms with van der Waals surface area (Å²) in [6.45, 7) is 1.88. The van der Waals surface area contributed by atoms with Crippen LogP contribution in [0.15, 0.2) is 17.2 Å². The molecule has 21 heavy (non-hydrogen) atoms. The van der Waals surface area contributed by atoms with E-state index in [1.165, 1.54) is 17.8 Å². The maximum atomic E-state index is 12.1. The van der Waals surface area contributed by atoms with Gasteiger partial charge in [-0.05, 0) is 12.5 Å². The minimum absolute atomic E-state index is 0.102. The van der Waals surface area contributed by atoms with Gasteiger partial charge in [-0.3, -0.25) is 9.59 Å². The van der Waals surface area contributed by atoms with Gasteiger partial charge in [0.15, 0.2) is 0 Å². The van der Waals surface area contributed by atoms with Crippen molar-refractivity contribution in [3.05, 3.63) is 18.0 Å². The fraction of sp³-hybridized carbons (Fsp3) is 0.500. The maximum absolute atomic E-state index is 12.1. The van der Waals surface area contributed by atoms with E-state index in [0.717, 1.165) is 6.07 Å². The first-order valence-electron chi connectivity index (χ1n) is 6.37. The molecule has 0 fully saturated rings. The van der Waals surface area contributed by atoms with Crippen molar-refractivity contribution >= 4 is 21.9 Å². The van der Waals surface area contributed by atoms with Gasteiger partial charge >= 0.3 is 5.97 Å². The molecule has 0 radical (unpaired) electrons. The zero-order chi connectivity index (χ0) is 16.2. The van der Waals surface area contributed by atoms with Crippen LogP contribution in [0.1, 0.15) is 36.7 Å². The Kier molecular flexibility index (Phi) is 5.50. The van der Waals surface area contributed by atoms with Crippen molar-refractivity contribution in [3.8, 4) is 0 Å². The highest BCUT2D eigenvalue weighted by molar-refractivity contribution is 7.89. The number of aliphatic carboxylic acids is 1. The minimum Gasteiger partial charge on any atom is -0.481 e. The van der Waals surface area contributed by atoms with Gasteiger partial charge in [0, 0.05) is 19.3 Å². The van der Waals surface area contributed by atoms with Crippen LogP contribution in [0.25, 0.3) is 0 Å². The van der Waals surface area contributed by atoms with Crippen molar-refractivity contribution in [1.82, 2.24) is 9.88 Å². The summed E-state index contributed by atoms with van der Waals surface area (Å²) < 4.78 is 23.8. The van der Waals surface area contributed by atoms with Gasteiger partial charge in [0.2, 0.25) is 10.0 Å². The number of hydrogen-bond donors (Lipinski definition) is 3. The minimum atomic E-state index is -3.89. The van der Waals surface area contributed by atoms with E-state index in [-0.39, 0.29) is 17.0 Å². The second-order valence-electron chi connectivity index (χ2n) is 4.77. The Labute approximate surface area is 123 Å². The zero-order valence-corrected chi connectivity index (χ0v) is 12.7. The average Bonchev–Trinajstić information content (AvgIpc) is 2.70. The Morgan fingerprint density at radius 3 is 2.52 bits per heavy atom. The molecule has 1 heterocycles. The highest BCUT2D eigenvalue weighted by Gasteiger charge is 2.21. The van der Waals surface area contributed by atoms with Gasteiger partial charge in [-0.2, -0.15) is 0 Å². The molecule has 1 unspecified atom stereocenters. The molecular weight excluding hydrogens is 298 g/mol. The molecule has 0 saturated carbocycles. The van der Waals surface area contributed by atoms with Crippen molar-refractivity contribution in [2.75, 3.05) is 0 Å². The van der Waals surface area contributed by atoms with Gasteiger partial charge in [0.25, 0.3) is 5.91 Å². The molecule has 4 N–H and O–H groups in total. The number of nitrogens with zero attached hydrogens (tertiary/aromatic N) is 1. The van der Waals surface area contributed by atoms with Crippen molar-refractivity contribution in [1.29, 1.82) is 0 Å². The van der Waals surface area contributed by atoms with Gasteiger partial charge in [-0.25, -0.2) is 13.6 Å². The van der Waals surface area contributed by atoms with Gasteiger partial charge in [0.05, 0.1) is 6.42 Å². The summed E-state index contributed by atoms with van der Waals surface area (Å²) in [6, 6.07) is 0.655. The van der Waals surface area contributed by atoms with Crippen LogP contribution in [0.4, 0.5) is 0 Å². The van der Waals surface area contributed by atoms with E-state index in [9.17, 15) is 18.0 Å². The van der Waals surface area contributed by atoms with Crippen LogP contribution < -0.4 is 10.5 Å². The van der Waals surface area contributed by atoms with E-state index < -0.39 is 27.9 Å². The van der Waals surface area contributed by atoms with Gasteiger partial charge in [-0.1, -0.05) is 13.3 Å². The molecule has 9 heteroatoms. The van der Waals surface area contributed by atoms with Crippen molar-refractivity contribution in [2.45, 2.75) is 37.1 Å². The number of carboxylic acid groups (broad SMARTS) is 1. The fourth-order valence-electron chi connectivity index (χ4n) is 1.96. The number of carbonyl (C=O) groups excluding carboxylic acids is 1. The summed E-state index contributed by atoms with van der Waals surface area (Å²) in [5, 5.41) is 16.4. The Balaban J connectivity index is 2.92. The summed E-state index contributed by atoms with van der Waals surface area (Å²) in [6.07, 6.45) is 2.28. The first-order valence-corrected chi connectivity index (χ1v) is 7.91. The summed E-state index contributed by atoms with van der Waals surface area (Å²) in [7, 11) is -2.38. The van der Waals surface area contributed by atoms with Crippen molar-refractivity contribution in [3.63, 3.8) is 0 Å². The third kappa shape index (κ3) is 4.87. The predicted octanol–water partition coefficient (Wildman–Crippen LogP) is 0.0457. The molecule has 1 amide bonds. The number of sulfonamides is 1. The van der Waals surface area contributed by atoms with Gasteiger partial charge in [-0.15, -0.1) is 0 Å². The van der Waals surface area contributed by atoms with Crippen LogP contribution in [-0.2, 0) is 21.9 Å². The summed E-state index contributed by atoms with van der Waals surface area (Å²) >= 11 is 0. The topological polar surface area (TPSA) is 131 Å². The number of aromatic nitrogens is 1. The number of rotatable bonds is 7. The highest BCUT2D eigenvalue weighted by atomic mass is 32.2. The number of nitrogens with one attached hydrogen (secondary N) is 1. The maximum Gasteiger partial charge on any atom is 0.305 e. The lowest BCUT2D eigenvalue weighted by Gasteiger charge is -2.16. The SMILES string of the molecule is CCCC(CC(=O)O)NC(=O)c1cc(S(N)(=O)=O)cn1C. The molecule has 0 aliphatic heterocycles. The lowest BCUT2D eigenvalue weighted by atomic mass is 10.1. The molecule has 1 aromatic heterocycles. The third-order valence-electron chi connectivity index (χ3n) is 2.93. The molecule has 0 aliphatic carbocycles. The van der Waals surface area contributed by atoms with Gasteiger partial charge in [0.1, 0.15) is 10.6 Å². The monoisotopic (exact) mass is 317 g/mol. The van der Waals surface area contributed by atoms with E-state index in [0.29, 0.717) is 12.8 Å². The second kappa shape index (κ2) is 6.72. The Hall–Kier alpha value is -1.87. The molecule has 0 spiro atoms. The van der Waals surface area contributed by atoms with E-state index >= 15 is 0 Å². The van der Waals surface area contributed by atoms with E-state index in [1.54, 1.807) is 0 Å². The molecule has 1 atom stereocenters. The van der Waals surface area contributed by atoms with E-state index in [4.69, 9.17) is 10.2 Å². The normalized spacial score (nSPS) is 12.9. The number of primary sulfonamides is 1. The standard InChI is InChI=1S/C12H19N3O5S/c1-3-4-8(5-11(16)17)14-12(18)10-6-9(7-15(10)2)21(13,19)20/h6-8H,3-5H2,1-2H3,(H,14,18)(H,16,17)(H2,13,19,20). The lowest BCUT2D eigenvalue weighted by molar-refractivity contribution is -0.137. The molecule has 118 valence electrons. The summed E-state index contributed by atoms with van der Waals surface area (Å²) in [5.41, 5.74) is 0.102. The number of carbonyl (C=O) groups is 2. The number of carboxylic acids is 1. The molecular formula is C12H19N3O5S. The van der Waals surface area contributed by atoms with Crippen LogP contribution in [0.2, 0.25) is 0 Å². The number of amides is 1. The van der Waals surface area contributed by atoms with Crippen LogP contribution in [0, 0.1) is 0 Å². The van der Waals surface area contributed by atoms with Crippen LogP contribution in [-0.4, -0.2) is 36.0 Å². The number of hydrogen-bond acceptors (Lipinski definition) is 4. The second-order valence-corrected chi connectivity index (χ2v) is 6.34. The number of aryl methyl sites for hydroxylation is 1. The van der Waals surface area contributed by atoms with E-state index in [1.807, 2.05) is 6.92 Å². The Morgan fingerprint density at radius 2 is 2.10 bits per heavy atom. The molecule has 1 rings (SSSR count). The summed E-state index contributed by atoms with van der Waals surface area (Å²) in [5.74, 6) is -1.54. The first kappa shape index (κ1) is 17.2. The van der Waals surface area contributed by atoms with Gasteiger partial charge < -0.3 is 15.0 Å². The molecule has 1 aromatic rings. The fourth-order valence-corrected chi connectivity index (χ4v) is 2.54. The van der Waals surface area contributed by atoms with Crippen molar-refractivity contribution in [2.24, 2.45) is 12.2 Å². The molecule has 8 nitrogen and oxygen atoms in total. The third-order valence-corrected chi connectivity index (χ3v) is 3.81. The molecule has 0 aromatic carbocycles. The zero-order valence-electron chi connectivity index (χ0n) is 11.9. The Bertz CT molecular complexity index is 635. The van der Waals surface area contributed by atoms with Crippen molar-refractivity contribution < 1.29 is 23.1 Å². The van der Waals surface area contributed by atoms with Crippen LogP contribution in [0.5, 0.6) is 0 Å². The number of nitrogens with two attached hydrogens (primary N) is 1. The van der Waals surface area contributed by atoms with Crippen LogP contribution >= 0.6 is 0 Å². The van der Waals surface area contributed by atoms with E-state index in [2.05, 4.69) is 5.32 Å². The van der Waals surface area contributed by atoms with Crippen LogP contribution in [0.3, 0.4) is 0 Å². The average molecular weight is 317 g/mol. The molecule has 0 aliphatic rings. The molecule has 0 saturated heterocycles. The quantitative estimate of drug-likeness (QED) is 0.653. The summed E-state index contributed by atoms with van der Waals surface area (Å²) in [4.78, 5) is 22.7.